The zero-order valence-electron chi connectivity index (χ0n) is 11.2. The summed E-state index contributed by atoms with van der Waals surface area (Å²) < 4.78 is 10.3. The maximum Gasteiger partial charge on any atom is 0.339 e. The third kappa shape index (κ3) is 3.05. The molecule has 1 heterocycles. The molecule has 1 fully saturated rings. The summed E-state index contributed by atoms with van der Waals surface area (Å²) in [5, 5.41) is 0. The summed E-state index contributed by atoms with van der Waals surface area (Å²) in [6, 6.07) is 7.71. The molecule has 0 saturated carbocycles. The Morgan fingerprint density at radius 2 is 2.32 bits per heavy atom. The van der Waals surface area contributed by atoms with Crippen LogP contribution in [0.4, 0.5) is 5.69 Å². The first-order valence-corrected chi connectivity index (χ1v) is 6.49. The number of carbonyl (C=O) groups is 1. The second-order valence-corrected chi connectivity index (χ2v) is 4.51. The van der Waals surface area contributed by atoms with Crippen LogP contribution in [0.2, 0.25) is 0 Å². The van der Waals surface area contributed by atoms with Crippen LogP contribution in [0.3, 0.4) is 0 Å². The molecule has 1 atom stereocenters. The van der Waals surface area contributed by atoms with Crippen molar-refractivity contribution in [2.24, 2.45) is 5.73 Å². The van der Waals surface area contributed by atoms with Gasteiger partial charge in [0.25, 0.3) is 0 Å². The standard InChI is InChI=1S/C14H20N2O3/c1-18-14(17)12-4-2-3-5-13(12)16-8-9-19-10-11(16)6-7-15/h2-5,11H,6-10,15H2,1H3. The van der Waals surface area contributed by atoms with Gasteiger partial charge in [0, 0.05) is 6.54 Å². The van der Waals surface area contributed by atoms with Crippen molar-refractivity contribution in [2.75, 3.05) is 38.3 Å². The number of nitrogens with two attached hydrogens (primary N) is 1. The van der Waals surface area contributed by atoms with Crippen molar-refractivity contribution in [3.63, 3.8) is 0 Å². The van der Waals surface area contributed by atoms with Crippen LogP contribution in [-0.4, -0.2) is 45.4 Å². The summed E-state index contributed by atoms with van der Waals surface area (Å²) in [7, 11) is 1.40. The molecule has 1 unspecified atom stereocenters. The van der Waals surface area contributed by atoms with Gasteiger partial charge in [-0.25, -0.2) is 4.79 Å². The Bertz CT molecular complexity index is 434. The van der Waals surface area contributed by atoms with Gasteiger partial charge in [-0.05, 0) is 25.1 Å². The Labute approximate surface area is 113 Å². The topological polar surface area (TPSA) is 64.8 Å². The van der Waals surface area contributed by atoms with Crippen LogP contribution in [0, 0.1) is 0 Å². The van der Waals surface area contributed by atoms with E-state index in [0.717, 1.165) is 18.7 Å². The molecule has 104 valence electrons. The maximum atomic E-state index is 11.8. The molecule has 5 heteroatoms. The fourth-order valence-corrected chi connectivity index (χ4v) is 2.41. The van der Waals surface area contributed by atoms with Gasteiger partial charge in [0.05, 0.1) is 37.6 Å². The van der Waals surface area contributed by atoms with Crippen LogP contribution in [-0.2, 0) is 9.47 Å². The van der Waals surface area contributed by atoms with Gasteiger partial charge < -0.3 is 20.1 Å². The quantitative estimate of drug-likeness (QED) is 0.823. The Morgan fingerprint density at radius 3 is 3.05 bits per heavy atom. The summed E-state index contributed by atoms with van der Waals surface area (Å²) >= 11 is 0. The molecule has 0 aliphatic carbocycles. The Morgan fingerprint density at radius 1 is 1.53 bits per heavy atom. The normalized spacial score (nSPS) is 19.3. The van der Waals surface area contributed by atoms with Gasteiger partial charge in [0.1, 0.15) is 0 Å². The third-order valence-electron chi connectivity index (χ3n) is 3.35. The number of morpholine rings is 1. The monoisotopic (exact) mass is 264 g/mol. The molecule has 19 heavy (non-hydrogen) atoms. The zero-order valence-corrected chi connectivity index (χ0v) is 11.2. The molecule has 1 aromatic carbocycles. The summed E-state index contributed by atoms with van der Waals surface area (Å²) in [6.07, 6.45) is 0.843. The molecule has 0 spiro atoms. The number of nitrogens with zero attached hydrogens (tertiary/aromatic N) is 1. The van der Waals surface area contributed by atoms with E-state index < -0.39 is 0 Å². The Kier molecular flexibility index (Phi) is 4.76. The van der Waals surface area contributed by atoms with Crippen molar-refractivity contribution in [2.45, 2.75) is 12.5 Å². The first kappa shape index (κ1) is 13.8. The van der Waals surface area contributed by atoms with E-state index in [4.69, 9.17) is 15.2 Å². The van der Waals surface area contributed by atoms with E-state index in [-0.39, 0.29) is 12.0 Å². The van der Waals surface area contributed by atoms with Crippen LogP contribution < -0.4 is 10.6 Å². The van der Waals surface area contributed by atoms with Crippen molar-refractivity contribution in [3.05, 3.63) is 29.8 Å². The fraction of sp³-hybridized carbons (Fsp3) is 0.500. The van der Waals surface area contributed by atoms with Crippen molar-refractivity contribution < 1.29 is 14.3 Å². The molecule has 1 aliphatic rings. The first-order chi connectivity index (χ1) is 9.27. The highest BCUT2D eigenvalue weighted by Crippen LogP contribution is 2.25. The summed E-state index contributed by atoms with van der Waals surface area (Å²) in [5.41, 5.74) is 7.14. The number of hydrogen-bond donors (Lipinski definition) is 1. The number of rotatable bonds is 4. The minimum atomic E-state index is -0.311. The molecular formula is C14H20N2O3. The molecule has 0 bridgehead atoms. The Balaban J connectivity index is 2.30. The number of para-hydroxylation sites is 1. The second-order valence-electron chi connectivity index (χ2n) is 4.51. The van der Waals surface area contributed by atoms with E-state index in [0.29, 0.717) is 25.3 Å². The number of esters is 1. The van der Waals surface area contributed by atoms with Crippen LogP contribution in [0.1, 0.15) is 16.8 Å². The molecule has 0 radical (unpaired) electrons. The molecule has 2 N–H and O–H groups in total. The number of ether oxygens (including phenoxy) is 2. The van der Waals surface area contributed by atoms with E-state index in [1.54, 1.807) is 6.07 Å². The van der Waals surface area contributed by atoms with Gasteiger partial charge in [-0.15, -0.1) is 0 Å². The smallest absolute Gasteiger partial charge is 0.339 e. The number of benzene rings is 1. The molecule has 1 aliphatic heterocycles. The van der Waals surface area contributed by atoms with Crippen LogP contribution in [0.5, 0.6) is 0 Å². The largest absolute Gasteiger partial charge is 0.465 e. The van der Waals surface area contributed by atoms with Crippen molar-refractivity contribution >= 4 is 11.7 Å². The molecule has 0 amide bonds. The number of anilines is 1. The highest BCUT2D eigenvalue weighted by molar-refractivity contribution is 5.95. The average Bonchev–Trinajstić information content (AvgIpc) is 2.47. The Hall–Kier alpha value is -1.59. The van der Waals surface area contributed by atoms with Gasteiger partial charge >= 0.3 is 5.97 Å². The molecule has 1 saturated heterocycles. The van der Waals surface area contributed by atoms with E-state index in [1.807, 2.05) is 18.2 Å². The third-order valence-corrected chi connectivity index (χ3v) is 3.35. The fourth-order valence-electron chi connectivity index (χ4n) is 2.41. The predicted molar refractivity (Wildman–Crippen MR) is 73.4 cm³/mol. The summed E-state index contributed by atoms with van der Waals surface area (Å²) in [5.74, 6) is -0.311. The highest BCUT2D eigenvalue weighted by atomic mass is 16.5. The molecule has 1 aromatic rings. The van der Waals surface area contributed by atoms with Crippen LogP contribution in [0.15, 0.2) is 24.3 Å². The maximum absolute atomic E-state index is 11.8. The van der Waals surface area contributed by atoms with Gasteiger partial charge in [-0.3, -0.25) is 0 Å². The van der Waals surface area contributed by atoms with Gasteiger partial charge in [0.15, 0.2) is 0 Å². The van der Waals surface area contributed by atoms with E-state index >= 15 is 0 Å². The number of hydrogen-bond acceptors (Lipinski definition) is 5. The molecule has 2 rings (SSSR count). The first-order valence-electron chi connectivity index (χ1n) is 6.49. The second kappa shape index (κ2) is 6.54. The minimum absolute atomic E-state index is 0.213. The predicted octanol–water partition coefficient (Wildman–Crippen LogP) is 1.03. The summed E-state index contributed by atoms with van der Waals surface area (Å²) in [4.78, 5) is 14.0. The van der Waals surface area contributed by atoms with Crippen molar-refractivity contribution in [1.29, 1.82) is 0 Å². The SMILES string of the molecule is COC(=O)c1ccccc1N1CCOCC1CCN. The van der Waals surface area contributed by atoms with Gasteiger partial charge in [0.2, 0.25) is 0 Å². The van der Waals surface area contributed by atoms with E-state index in [1.165, 1.54) is 7.11 Å². The van der Waals surface area contributed by atoms with Crippen molar-refractivity contribution in [3.8, 4) is 0 Å². The highest BCUT2D eigenvalue weighted by Gasteiger charge is 2.26. The lowest BCUT2D eigenvalue weighted by Crippen LogP contribution is -2.47. The zero-order chi connectivity index (χ0) is 13.7. The molecule has 5 nitrogen and oxygen atoms in total. The lowest BCUT2D eigenvalue weighted by molar-refractivity contribution is 0.0599. The van der Waals surface area contributed by atoms with E-state index in [9.17, 15) is 4.79 Å². The van der Waals surface area contributed by atoms with Crippen molar-refractivity contribution in [1.82, 2.24) is 0 Å². The average molecular weight is 264 g/mol. The summed E-state index contributed by atoms with van der Waals surface area (Å²) in [6.45, 7) is 2.67. The van der Waals surface area contributed by atoms with Crippen LogP contribution >= 0.6 is 0 Å². The van der Waals surface area contributed by atoms with Gasteiger partial charge in [-0.1, -0.05) is 12.1 Å². The van der Waals surface area contributed by atoms with Crippen LogP contribution in [0.25, 0.3) is 0 Å². The lowest BCUT2D eigenvalue weighted by atomic mass is 10.1. The van der Waals surface area contributed by atoms with Gasteiger partial charge in [-0.2, -0.15) is 0 Å². The molecular weight excluding hydrogens is 244 g/mol. The number of carbonyl (C=O) groups excluding carboxylic acids is 1. The van der Waals surface area contributed by atoms with E-state index in [2.05, 4.69) is 4.90 Å². The lowest BCUT2D eigenvalue weighted by Gasteiger charge is -2.38. The molecule has 0 aromatic heterocycles. The minimum Gasteiger partial charge on any atom is -0.465 e. The number of methoxy groups -OCH3 is 1.